The number of aliphatic hydroxyl groups excluding tert-OH is 1. The third-order valence-electron chi connectivity index (χ3n) is 6.48. The molecule has 6 nitrogen and oxygen atoms in total. The highest BCUT2D eigenvalue weighted by Gasteiger charge is 2.21. The Morgan fingerprint density at radius 2 is 1.74 bits per heavy atom. The number of nitrogens with one attached hydrogen (secondary N) is 2. The summed E-state index contributed by atoms with van der Waals surface area (Å²) in [6, 6.07) is 16.4. The van der Waals surface area contributed by atoms with E-state index in [-0.39, 0.29) is 38.0 Å². The lowest BCUT2D eigenvalue weighted by Gasteiger charge is -2.19. The minimum absolute atomic E-state index is 0. The van der Waals surface area contributed by atoms with Gasteiger partial charge < -0.3 is 15.7 Å². The Morgan fingerprint density at radius 3 is 2.43 bits per heavy atom. The highest BCUT2D eigenvalue weighted by Crippen LogP contribution is 2.24. The van der Waals surface area contributed by atoms with Crippen molar-refractivity contribution in [2.75, 3.05) is 6.61 Å². The number of hydrogen-bond donors (Lipinski definition) is 3. The largest absolute Gasteiger partial charge is 0.394 e. The van der Waals surface area contributed by atoms with Crippen molar-refractivity contribution in [3.63, 3.8) is 0 Å². The monoisotopic (exact) mass is 491 g/mol. The zero-order valence-electron chi connectivity index (χ0n) is 20.0. The van der Waals surface area contributed by atoms with E-state index in [1.807, 2.05) is 43.3 Å². The molecule has 0 unspecified atom stereocenters. The van der Waals surface area contributed by atoms with Crippen molar-refractivity contribution >= 4 is 25.3 Å². The van der Waals surface area contributed by atoms with Gasteiger partial charge in [0.05, 0.1) is 12.6 Å². The predicted octanol–water partition coefficient (Wildman–Crippen LogP) is 4.56. The number of nitrogens with zero attached hydrogens (tertiary/aromatic N) is 1. The number of rotatable bonds is 8. The van der Waals surface area contributed by atoms with E-state index < -0.39 is 6.04 Å². The molecule has 3 aromatic rings. The first-order valence-electron chi connectivity index (χ1n) is 11.9. The Kier molecular flexibility index (Phi) is 9.46. The van der Waals surface area contributed by atoms with Crippen LogP contribution in [0.15, 0.2) is 67.0 Å². The van der Waals surface area contributed by atoms with Crippen molar-refractivity contribution in [3.05, 3.63) is 89.2 Å². The van der Waals surface area contributed by atoms with Gasteiger partial charge in [-0.3, -0.25) is 14.6 Å². The van der Waals surface area contributed by atoms with Crippen molar-refractivity contribution in [2.24, 2.45) is 0 Å². The fraction of sp³-hybridized carbons (Fsp3) is 0.321. The van der Waals surface area contributed by atoms with Gasteiger partial charge >= 0.3 is 0 Å². The standard InChI is InChI=1S/C28H31N3O3.H2S/c1-2-19-10-11-21(20-12-14-29-15-13-20)17-25(19)28(34)31-26(18-32)22-6-5-7-23(16-22)27(33)30-24-8-3-4-9-24;/h5-7,10-17,24,26,32H,2-4,8-9,18H2,1H3,(H,30,33)(H,31,34);1H2/t26-;/m1./s1. The Bertz CT molecular complexity index is 1150. The SMILES string of the molecule is CCc1ccc(-c2ccncc2)cc1C(=O)N[C@H](CO)c1cccc(C(=O)NC2CCCC2)c1.S. The summed E-state index contributed by atoms with van der Waals surface area (Å²) in [4.78, 5) is 30.0. The molecule has 1 fully saturated rings. The molecule has 1 aromatic heterocycles. The van der Waals surface area contributed by atoms with Gasteiger partial charge in [-0.05, 0) is 71.8 Å². The van der Waals surface area contributed by atoms with E-state index in [2.05, 4.69) is 15.6 Å². The molecular formula is C28H33N3O3S. The minimum atomic E-state index is -0.624. The first kappa shape index (κ1) is 26.4. The highest BCUT2D eigenvalue weighted by molar-refractivity contribution is 7.59. The maximum absolute atomic E-state index is 13.3. The summed E-state index contributed by atoms with van der Waals surface area (Å²) in [5.74, 6) is -0.372. The Balaban J connectivity index is 0.00000342. The lowest BCUT2D eigenvalue weighted by Crippen LogP contribution is -2.33. The van der Waals surface area contributed by atoms with Crippen LogP contribution in [0, 0.1) is 0 Å². The van der Waals surface area contributed by atoms with E-state index >= 15 is 0 Å². The predicted molar refractivity (Wildman–Crippen MR) is 143 cm³/mol. The summed E-state index contributed by atoms with van der Waals surface area (Å²) < 4.78 is 0. The fourth-order valence-corrected chi connectivity index (χ4v) is 4.53. The highest BCUT2D eigenvalue weighted by atomic mass is 32.1. The molecule has 3 N–H and O–H groups in total. The topological polar surface area (TPSA) is 91.3 Å². The molecule has 184 valence electrons. The number of aryl methyl sites for hydroxylation is 1. The molecule has 0 saturated heterocycles. The van der Waals surface area contributed by atoms with Gasteiger partial charge in [0.25, 0.3) is 11.8 Å². The average Bonchev–Trinajstić information content (AvgIpc) is 3.40. The maximum Gasteiger partial charge on any atom is 0.252 e. The van der Waals surface area contributed by atoms with Crippen molar-refractivity contribution in [1.29, 1.82) is 0 Å². The number of amides is 2. The zero-order valence-corrected chi connectivity index (χ0v) is 21.0. The molecule has 2 aromatic carbocycles. The normalized spacial score (nSPS) is 14.1. The van der Waals surface area contributed by atoms with Crippen LogP contribution in [0.2, 0.25) is 0 Å². The molecule has 4 rings (SSSR count). The first-order chi connectivity index (χ1) is 16.6. The third kappa shape index (κ3) is 6.50. The second-order valence-corrected chi connectivity index (χ2v) is 8.75. The van der Waals surface area contributed by atoms with Gasteiger partial charge in [-0.15, -0.1) is 0 Å². The van der Waals surface area contributed by atoms with Crippen LogP contribution in [0.3, 0.4) is 0 Å². The van der Waals surface area contributed by atoms with Gasteiger partial charge in [0.2, 0.25) is 0 Å². The number of carbonyl (C=O) groups is 2. The summed E-state index contributed by atoms with van der Waals surface area (Å²) >= 11 is 0. The molecular weight excluding hydrogens is 458 g/mol. The molecule has 1 aliphatic rings. The number of pyridine rings is 1. The van der Waals surface area contributed by atoms with Gasteiger partial charge in [0.15, 0.2) is 0 Å². The molecule has 35 heavy (non-hydrogen) atoms. The summed E-state index contributed by atoms with van der Waals surface area (Å²) in [6.45, 7) is 1.74. The van der Waals surface area contributed by atoms with Crippen molar-refractivity contribution in [1.82, 2.24) is 15.6 Å². The molecule has 1 saturated carbocycles. The smallest absolute Gasteiger partial charge is 0.252 e. The second kappa shape index (κ2) is 12.5. The summed E-state index contributed by atoms with van der Waals surface area (Å²) in [6.07, 6.45) is 8.47. The maximum atomic E-state index is 13.3. The van der Waals surface area contributed by atoms with Crippen LogP contribution in [-0.4, -0.2) is 34.6 Å². The molecule has 0 spiro atoms. The van der Waals surface area contributed by atoms with Crippen LogP contribution in [0.1, 0.15) is 70.5 Å². The molecule has 0 bridgehead atoms. The number of aromatic nitrogens is 1. The molecule has 7 heteroatoms. The average molecular weight is 492 g/mol. The second-order valence-electron chi connectivity index (χ2n) is 8.75. The van der Waals surface area contributed by atoms with E-state index in [9.17, 15) is 14.7 Å². The molecule has 0 aliphatic heterocycles. The molecule has 2 amide bonds. The summed E-state index contributed by atoms with van der Waals surface area (Å²) in [5.41, 5.74) is 4.63. The summed E-state index contributed by atoms with van der Waals surface area (Å²) in [5, 5.41) is 16.1. The van der Waals surface area contributed by atoms with Crippen LogP contribution in [0.25, 0.3) is 11.1 Å². The first-order valence-corrected chi connectivity index (χ1v) is 11.9. The Labute approximate surface area is 213 Å². The third-order valence-corrected chi connectivity index (χ3v) is 6.48. The number of hydrogen-bond acceptors (Lipinski definition) is 4. The van der Waals surface area contributed by atoms with Crippen LogP contribution in [0.4, 0.5) is 0 Å². The van der Waals surface area contributed by atoms with Gasteiger partial charge in [0, 0.05) is 29.6 Å². The minimum Gasteiger partial charge on any atom is -0.394 e. The number of benzene rings is 2. The number of carbonyl (C=O) groups excluding carboxylic acids is 2. The lowest BCUT2D eigenvalue weighted by molar-refractivity contribution is 0.0914. The van der Waals surface area contributed by atoms with Crippen molar-refractivity contribution in [3.8, 4) is 11.1 Å². The van der Waals surface area contributed by atoms with Crippen LogP contribution < -0.4 is 10.6 Å². The van der Waals surface area contributed by atoms with Crippen LogP contribution in [-0.2, 0) is 6.42 Å². The Morgan fingerprint density at radius 1 is 1.00 bits per heavy atom. The number of aliphatic hydroxyl groups is 1. The van der Waals surface area contributed by atoms with E-state index in [0.29, 0.717) is 23.1 Å². The fourth-order valence-electron chi connectivity index (χ4n) is 4.53. The quantitative estimate of drug-likeness (QED) is 0.431. The molecule has 0 radical (unpaired) electrons. The van der Waals surface area contributed by atoms with Gasteiger partial charge in [-0.25, -0.2) is 0 Å². The Hall–Kier alpha value is -3.16. The van der Waals surface area contributed by atoms with Crippen molar-refractivity contribution < 1.29 is 14.7 Å². The van der Waals surface area contributed by atoms with E-state index in [1.165, 1.54) is 0 Å². The van der Waals surface area contributed by atoms with Crippen molar-refractivity contribution in [2.45, 2.75) is 51.1 Å². The van der Waals surface area contributed by atoms with Crippen LogP contribution >= 0.6 is 13.5 Å². The molecule has 1 aliphatic carbocycles. The van der Waals surface area contributed by atoms with Gasteiger partial charge in [-0.1, -0.05) is 44.0 Å². The summed E-state index contributed by atoms with van der Waals surface area (Å²) in [7, 11) is 0. The molecule has 1 atom stereocenters. The zero-order chi connectivity index (χ0) is 23.9. The van der Waals surface area contributed by atoms with Crippen LogP contribution in [0.5, 0.6) is 0 Å². The van der Waals surface area contributed by atoms with E-state index in [4.69, 9.17) is 0 Å². The van der Waals surface area contributed by atoms with E-state index in [1.54, 1.807) is 30.6 Å². The lowest BCUT2D eigenvalue weighted by atomic mass is 9.97. The van der Waals surface area contributed by atoms with E-state index in [0.717, 1.165) is 42.4 Å². The van der Waals surface area contributed by atoms with Gasteiger partial charge in [0.1, 0.15) is 0 Å². The van der Waals surface area contributed by atoms with Gasteiger partial charge in [-0.2, -0.15) is 13.5 Å². The molecule has 1 heterocycles.